The van der Waals surface area contributed by atoms with Gasteiger partial charge in [0, 0.05) is 0 Å². The lowest BCUT2D eigenvalue weighted by Crippen LogP contribution is -2.18. The molecule has 0 fully saturated rings. The molecule has 0 aliphatic carbocycles. The number of ether oxygens (including phenoxy) is 1. The average Bonchev–Trinajstić information content (AvgIpc) is 2.90. The van der Waals surface area contributed by atoms with E-state index in [4.69, 9.17) is 14.9 Å². The second-order valence-corrected chi connectivity index (χ2v) is 4.66. The van der Waals surface area contributed by atoms with Crippen LogP contribution in [0.1, 0.15) is 37.1 Å². The van der Waals surface area contributed by atoms with Crippen molar-refractivity contribution in [3.8, 4) is 5.75 Å². The van der Waals surface area contributed by atoms with Gasteiger partial charge in [-0.1, -0.05) is 26.0 Å². The number of hydrogen-bond acceptors (Lipinski definition) is 3. The van der Waals surface area contributed by atoms with Crippen LogP contribution in [-0.2, 0) is 0 Å². The maximum atomic E-state index is 5.97. The highest BCUT2D eigenvalue weighted by Crippen LogP contribution is 2.21. The second kappa shape index (κ2) is 5.74. The third-order valence-corrected chi connectivity index (χ3v) is 2.86. The normalized spacial score (nSPS) is 12.7. The van der Waals surface area contributed by atoms with Crippen molar-refractivity contribution in [3.63, 3.8) is 0 Å². The summed E-state index contributed by atoms with van der Waals surface area (Å²) in [5.74, 6) is 2.09. The molecule has 0 aliphatic heterocycles. The van der Waals surface area contributed by atoms with E-state index in [1.165, 1.54) is 5.56 Å². The molecule has 1 aromatic heterocycles. The van der Waals surface area contributed by atoms with Gasteiger partial charge in [-0.3, -0.25) is 0 Å². The smallest absolute Gasteiger partial charge is 0.123 e. The van der Waals surface area contributed by atoms with E-state index in [9.17, 15) is 0 Å². The van der Waals surface area contributed by atoms with Gasteiger partial charge in [-0.2, -0.15) is 0 Å². The van der Waals surface area contributed by atoms with Gasteiger partial charge in [-0.05, 0) is 35.7 Å². The van der Waals surface area contributed by atoms with E-state index in [0.717, 1.165) is 11.5 Å². The molecule has 0 bridgehead atoms. The largest absolute Gasteiger partial charge is 0.491 e. The minimum absolute atomic E-state index is 0.234. The molecule has 1 atom stereocenters. The number of rotatable bonds is 5. The van der Waals surface area contributed by atoms with Gasteiger partial charge >= 0.3 is 0 Å². The van der Waals surface area contributed by atoms with Crippen molar-refractivity contribution in [2.24, 2.45) is 5.73 Å². The van der Waals surface area contributed by atoms with E-state index < -0.39 is 0 Å². The fraction of sp³-hybridized carbons (Fsp3) is 0.333. The minimum Gasteiger partial charge on any atom is -0.491 e. The summed E-state index contributed by atoms with van der Waals surface area (Å²) in [5, 5.41) is 0. The molecule has 0 spiro atoms. The number of hydrogen-bond donors (Lipinski definition) is 1. The zero-order valence-corrected chi connectivity index (χ0v) is 10.8. The molecule has 0 saturated carbocycles. The van der Waals surface area contributed by atoms with Crippen molar-refractivity contribution in [1.82, 2.24) is 0 Å². The Hall–Kier alpha value is -1.74. The molecule has 0 amide bonds. The first-order valence-electron chi connectivity index (χ1n) is 6.18. The van der Waals surface area contributed by atoms with Crippen LogP contribution in [0.15, 0.2) is 47.1 Å². The van der Waals surface area contributed by atoms with Crippen LogP contribution in [0.25, 0.3) is 0 Å². The summed E-state index contributed by atoms with van der Waals surface area (Å²) in [6.45, 7) is 4.73. The summed E-state index contributed by atoms with van der Waals surface area (Å²) in [5.41, 5.74) is 7.23. The van der Waals surface area contributed by atoms with Crippen LogP contribution in [0.3, 0.4) is 0 Å². The topological polar surface area (TPSA) is 48.4 Å². The third kappa shape index (κ3) is 3.14. The van der Waals surface area contributed by atoms with Crippen LogP contribution < -0.4 is 10.5 Å². The standard InChI is InChI=1S/C15H19NO2/c1-11(2)12-5-3-6-13(9-12)18-10-14(16)15-7-4-8-17-15/h3-9,11,14H,10,16H2,1-2H3. The van der Waals surface area contributed by atoms with E-state index in [1.54, 1.807) is 6.26 Å². The maximum absolute atomic E-state index is 5.97. The first kappa shape index (κ1) is 12.7. The Kier molecular flexibility index (Phi) is 4.05. The van der Waals surface area contributed by atoms with Gasteiger partial charge in [-0.25, -0.2) is 0 Å². The molecule has 0 radical (unpaired) electrons. The zero-order chi connectivity index (χ0) is 13.0. The van der Waals surface area contributed by atoms with Crippen molar-refractivity contribution in [2.45, 2.75) is 25.8 Å². The van der Waals surface area contributed by atoms with Crippen LogP contribution in [0, 0.1) is 0 Å². The lowest BCUT2D eigenvalue weighted by Gasteiger charge is -2.13. The van der Waals surface area contributed by atoms with Crippen LogP contribution in [0.4, 0.5) is 0 Å². The van der Waals surface area contributed by atoms with Crippen LogP contribution >= 0.6 is 0 Å². The molecule has 2 aromatic rings. The summed E-state index contributed by atoms with van der Waals surface area (Å²) in [6, 6.07) is 11.6. The maximum Gasteiger partial charge on any atom is 0.123 e. The van der Waals surface area contributed by atoms with Gasteiger partial charge in [0.25, 0.3) is 0 Å². The molecule has 1 unspecified atom stereocenters. The highest BCUT2D eigenvalue weighted by molar-refractivity contribution is 5.30. The van der Waals surface area contributed by atoms with Gasteiger partial charge in [0.15, 0.2) is 0 Å². The number of benzene rings is 1. The molecule has 18 heavy (non-hydrogen) atoms. The Morgan fingerprint density at radius 2 is 2.06 bits per heavy atom. The molecule has 1 aromatic carbocycles. The first-order valence-corrected chi connectivity index (χ1v) is 6.18. The molecular weight excluding hydrogens is 226 g/mol. The quantitative estimate of drug-likeness (QED) is 0.877. The van der Waals surface area contributed by atoms with Crippen LogP contribution in [0.2, 0.25) is 0 Å². The summed E-state index contributed by atoms with van der Waals surface area (Å²) < 4.78 is 10.9. The molecule has 2 rings (SSSR count). The van der Waals surface area contributed by atoms with Crippen molar-refractivity contribution in [2.75, 3.05) is 6.61 Å². The molecule has 96 valence electrons. The first-order chi connectivity index (χ1) is 8.66. The Morgan fingerprint density at radius 3 is 2.72 bits per heavy atom. The molecule has 1 heterocycles. The highest BCUT2D eigenvalue weighted by Gasteiger charge is 2.10. The molecule has 3 nitrogen and oxygen atoms in total. The Balaban J connectivity index is 1.96. The lowest BCUT2D eigenvalue weighted by atomic mass is 10.0. The second-order valence-electron chi connectivity index (χ2n) is 4.66. The fourth-order valence-electron chi connectivity index (χ4n) is 1.73. The fourth-order valence-corrected chi connectivity index (χ4v) is 1.73. The van der Waals surface area contributed by atoms with E-state index >= 15 is 0 Å². The predicted molar refractivity (Wildman–Crippen MR) is 71.7 cm³/mol. The Labute approximate surface area is 108 Å². The highest BCUT2D eigenvalue weighted by atomic mass is 16.5. The summed E-state index contributed by atoms with van der Waals surface area (Å²) in [6.07, 6.45) is 1.62. The monoisotopic (exact) mass is 245 g/mol. The van der Waals surface area contributed by atoms with Crippen molar-refractivity contribution < 1.29 is 9.15 Å². The van der Waals surface area contributed by atoms with Crippen molar-refractivity contribution in [3.05, 3.63) is 54.0 Å². The molecule has 0 saturated heterocycles. The van der Waals surface area contributed by atoms with E-state index in [1.807, 2.05) is 24.3 Å². The Bertz CT molecular complexity index is 477. The summed E-state index contributed by atoms with van der Waals surface area (Å²) >= 11 is 0. The number of furan rings is 1. The van der Waals surface area contributed by atoms with Crippen LogP contribution in [0.5, 0.6) is 5.75 Å². The van der Waals surface area contributed by atoms with E-state index in [-0.39, 0.29) is 6.04 Å². The lowest BCUT2D eigenvalue weighted by molar-refractivity contribution is 0.272. The predicted octanol–water partition coefficient (Wildman–Crippen LogP) is 3.48. The SMILES string of the molecule is CC(C)c1cccc(OCC(N)c2ccco2)c1. The zero-order valence-electron chi connectivity index (χ0n) is 10.8. The minimum atomic E-state index is -0.234. The van der Waals surface area contributed by atoms with Gasteiger partial charge in [0.1, 0.15) is 18.1 Å². The van der Waals surface area contributed by atoms with Gasteiger partial charge < -0.3 is 14.9 Å². The summed E-state index contributed by atoms with van der Waals surface area (Å²) in [4.78, 5) is 0. The van der Waals surface area contributed by atoms with E-state index in [0.29, 0.717) is 12.5 Å². The third-order valence-electron chi connectivity index (χ3n) is 2.86. The molecular formula is C15H19NO2. The van der Waals surface area contributed by atoms with Gasteiger partial charge in [0.05, 0.1) is 12.3 Å². The van der Waals surface area contributed by atoms with Crippen molar-refractivity contribution in [1.29, 1.82) is 0 Å². The molecule has 3 heteroatoms. The number of nitrogens with two attached hydrogens (primary N) is 1. The van der Waals surface area contributed by atoms with E-state index in [2.05, 4.69) is 26.0 Å². The average molecular weight is 245 g/mol. The van der Waals surface area contributed by atoms with Crippen molar-refractivity contribution >= 4 is 0 Å². The molecule has 2 N–H and O–H groups in total. The Morgan fingerprint density at radius 1 is 1.22 bits per heavy atom. The van der Waals surface area contributed by atoms with Gasteiger partial charge in [-0.15, -0.1) is 0 Å². The van der Waals surface area contributed by atoms with Crippen LogP contribution in [-0.4, -0.2) is 6.61 Å². The van der Waals surface area contributed by atoms with Gasteiger partial charge in [0.2, 0.25) is 0 Å². The summed E-state index contributed by atoms with van der Waals surface area (Å²) in [7, 11) is 0. The molecule has 0 aliphatic rings.